The summed E-state index contributed by atoms with van der Waals surface area (Å²) in [5.74, 6) is 1.19. The summed E-state index contributed by atoms with van der Waals surface area (Å²) in [7, 11) is 0. The van der Waals surface area contributed by atoms with E-state index in [1.807, 2.05) is 0 Å². The van der Waals surface area contributed by atoms with E-state index in [0.717, 1.165) is 25.9 Å². The number of hydrogen-bond acceptors (Lipinski definition) is 3. The van der Waals surface area contributed by atoms with Crippen LogP contribution >= 0.6 is 0 Å². The van der Waals surface area contributed by atoms with Crippen LogP contribution in [0.5, 0.6) is 5.75 Å². The Hall–Kier alpha value is -1.62. The van der Waals surface area contributed by atoms with E-state index in [1.54, 1.807) is 24.3 Å². The van der Waals surface area contributed by atoms with Gasteiger partial charge in [0, 0.05) is 18.2 Å². The van der Waals surface area contributed by atoms with E-state index in [2.05, 4.69) is 10.6 Å². The second-order valence-corrected chi connectivity index (χ2v) is 5.01. The Morgan fingerprint density at radius 2 is 2.40 bits per heavy atom. The number of rotatable bonds is 7. The monoisotopic (exact) mass is 280 g/mol. The molecule has 1 aromatic carbocycles. The fraction of sp³-hybridized carbons (Fsp3) is 0.533. The minimum absolute atomic E-state index is 0.0135. The molecule has 2 rings (SSSR count). The summed E-state index contributed by atoms with van der Waals surface area (Å²) in [4.78, 5) is 11.9. The molecule has 0 bridgehead atoms. The summed E-state index contributed by atoms with van der Waals surface area (Å²) in [5, 5.41) is 6.14. The van der Waals surface area contributed by atoms with Crippen molar-refractivity contribution in [2.45, 2.75) is 19.3 Å². The lowest BCUT2D eigenvalue weighted by atomic mass is 10.0. The molecule has 1 aromatic rings. The molecule has 1 fully saturated rings. The SMILES string of the molecule is O=C(CCC1CCNC1)Nc1cccc(OCCF)c1. The van der Waals surface area contributed by atoms with Gasteiger partial charge in [0.2, 0.25) is 5.91 Å². The van der Waals surface area contributed by atoms with Crippen molar-refractivity contribution in [1.29, 1.82) is 0 Å². The zero-order chi connectivity index (χ0) is 14.2. The van der Waals surface area contributed by atoms with Gasteiger partial charge in [-0.15, -0.1) is 0 Å². The minimum Gasteiger partial charge on any atom is -0.491 e. The van der Waals surface area contributed by atoms with Crippen LogP contribution in [0.25, 0.3) is 0 Å². The predicted octanol–water partition coefficient (Wildman–Crippen LogP) is 2.36. The molecule has 0 radical (unpaired) electrons. The molecule has 0 spiro atoms. The Morgan fingerprint density at radius 3 is 3.15 bits per heavy atom. The highest BCUT2D eigenvalue weighted by molar-refractivity contribution is 5.90. The summed E-state index contributed by atoms with van der Waals surface area (Å²) in [6.45, 7) is 1.58. The highest BCUT2D eigenvalue weighted by atomic mass is 19.1. The molecule has 1 saturated heterocycles. The van der Waals surface area contributed by atoms with Crippen molar-refractivity contribution in [2.75, 3.05) is 31.7 Å². The van der Waals surface area contributed by atoms with Crippen molar-refractivity contribution in [3.63, 3.8) is 0 Å². The molecule has 110 valence electrons. The number of anilines is 1. The topological polar surface area (TPSA) is 50.4 Å². The first-order valence-electron chi connectivity index (χ1n) is 7.07. The minimum atomic E-state index is -0.522. The molecule has 1 amide bonds. The standard InChI is InChI=1S/C15H21FN2O2/c16-7-9-20-14-3-1-2-13(10-14)18-15(19)5-4-12-6-8-17-11-12/h1-3,10,12,17H,4-9,11H2,(H,18,19). The maximum Gasteiger partial charge on any atom is 0.224 e. The van der Waals surface area contributed by atoms with E-state index < -0.39 is 6.67 Å². The molecule has 0 aromatic heterocycles. The van der Waals surface area contributed by atoms with Gasteiger partial charge in [0.25, 0.3) is 0 Å². The van der Waals surface area contributed by atoms with Gasteiger partial charge in [0.1, 0.15) is 19.0 Å². The fourth-order valence-electron chi connectivity index (χ4n) is 2.34. The Bertz CT molecular complexity index is 434. The van der Waals surface area contributed by atoms with Gasteiger partial charge in [-0.1, -0.05) is 6.07 Å². The van der Waals surface area contributed by atoms with Crippen LogP contribution in [0.4, 0.5) is 10.1 Å². The molecule has 1 aliphatic heterocycles. The zero-order valence-corrected chi connectivity index (χ0v) is 11.5. The molecular formula is C15H21FN2O2. The van der Waals surface area contributed by atoms with Crippen LogP contribution in [0.1, 0.15) is 19.3 Å². The Labute approximate surface area is 118 Å². The van der Waals surface area contributed by atoms with Gasteiger partial charge in [-0.2, -0.15) is 0 Å². The third-order valence-electron chi connectivity index (χ3n) is 3.41. The Balaban J connectivity index is 1.77. The van der Waals surface area contributed by atoms with Gasteiger partial charge in [-0.05, 0) is 44.0 Å². The Kier molecular flexibility index (Phi) is 5.80. The molecule has 2 N–H and O–H groups in total. The van der Waals surface area contributed by atoms with E-state index in [4.69, 9.17) is 4.74 Å². The van der Waals surface area contributed by atoms with E-state index in [1.165, 1.54) is 0 Å². The van der Waals surface area contributed by atoms with Crippen molar-refractivity contribution in [2.24, 2.45) is 5.92 Å². The molecule has 1 heterocycles. The summed E-state index contributed by atoms with van der Waals surface area (Å²) < 4.78 is 17.2. The van der Waals surface area contributed by atoms with Gasteiger partial charge in [0.15, 0.2) is 0 Å². The normalized spacial score (nSPS) is 17.9. The predicted molar refractivity (Wildman–Crippen MR) is 76.8 cm³/mol. The number of ether oxygens (including phenoxy) is 1. The molecule has 1 unspecified atom stereocenters. The number of alkyl halides is 1. The number of hydrogen-bond donors (Lipinski definition) is 2. The van der Waals surface area contributed by atoms with Crippen molar-refractivity contribution in [3.8, 4) is 5.75 Å². The number of nitrogens with one attached hydrogen (secondary N) is 2. The molecule has 20 heavy (non-hydrogen) atoms. The lowest BCUT2D eigenvalue weighted by Crippen LogP contribution is -2.15. The molecule has 0 aliphatic carbocycles. The molecular weight excluding hydrogens is 259 g/mol. The van der Waals surface area contributed by atoms with Crippen LogP contribution < -0.4 is 15.4 Å². The lowest BCUT2D eigenvalue weighted by Gasteiger charge is -2.10. The molecule has 1 atom stereocenters. The molecule has 0 saturated carbocycles. The summed E-state index contributed by atoms with van der Waals surface area (Å²) in [6.07, 6.45) is 2.60. The molecule has 5 heteroatoms. The fourth-order valence-corrected chi connectivity index (χ4v) is 2.34. The molecule has 1 aliphatic rings. The highest BCUT2D eigenvalue weighted by Crippen LogP contribution is 2.19. The maximum absolute atomic E-state index is 12.0. The van der Waals surface area contributed by atoms with Crippen molar-refractivity contribution in [3.05, 3.63) is 24.3 Å². The van der Waals surface area contributed by atoms with Crippen LogP contribution in [-0.2, 0) is 4.79 Å². The third kappa shape index (κ3) is 4.81. The first-order valence-corrected chi connectivity index (χ1v) is 7.07. The lowest BCUT2D eigenvalue weighted by molar-refractivity contribution is -0.116. The number of amides is 1. The van der Waals surface area contributed by atoms with E-state index in [9.17, 15) is 9.18 Å². The second-order valence-electron chi connectivity index (χ2n) is 5.01. The van der Waals surface area contributed by atoms with E-state index in [0.29, 0.717) is 23.8 Å². The number of halogens is 1. The number of carbonyl (C=O) groups excluding carboxylic acids is 1. The van der Waals surface area contributed by atoms with Crippen LogP contribution in [0.2, 0.25) is 0 Å². The third-order valence-corrected chi connectivity index (χ3v) is 3.41. The number of carbonyl (C=O) groups is 1. The second kappa shape index (κ2) is 7.85. The molecule has 4 nitrogen and oxygen atoms in total. The van der Waals surface area contributed by atoms with Crippen LogP contribution in [0, 0.1) is 5.92 Å². The van der Waals surface area contributed by atoms with E-state index in [-0.39, 0.29) is 12.5 Å². The summed E-state index contributed by atoms with van der Waals surface area (Å²) in [5.41, 5.74) is 0.691. The van der Waals surface area contributed by atoms with Crippen molar-refractivity contribution in [1.82, 2.24) is 5.32 Å². The van der Waals surface area contributed by atoms with Crippen molar-refractivity contribution >= 4 is 11.6 Å². The van der Waals surface area contributed by atoms with Gasteiger partial charge in [-0.25, -0.2) is 4.39 Å². The van der Waals surface area contributed by atoms with Gasteiger partial charge in [0.05, 0.1) is 0 Å². The quantitative estimate of drug-likeness (QED) is 0.806. The average molecular weight is 280 g/mol. The average Bonchev–Trinajstić information content (AvgIpc) is 2.97. The highest BCUT2D eigenvalue weighted by Gasteiger charge is 2.15. The first-order chi connectivity index (χ1) is 9.78. The van der Waals surface area contributed by atoms with Gasteiger partial charge >= 0.3 is 0 Å². The van der Waals surface area contributed by atoms with Crippen molar-refractivity contribution < 1.29 is 13.9 Å². The first kappa shape index (κ1) is 14.8. The van der Waals surface area contributed by atoms with Crippen LogP contribution in [0.3, 0.4) is 0 Å². The van der Waals surface area contributed by atoms with Crippen LogP contribution in [0.15, 0.2) is 24.3 Å². The largest absolute Gasteiger partial charge is 0.491 e. The summed E-state index contributed by atoms with van der Waals surface area (Å²) in [6, 6.07) is 7.04. The summed E-state index contributed by atoms with van der Waals surface area (Å²) >= 11 is 0. The number of benzene rings is 1. The maximum atomic E-state index is 12.0. The van der Waals surface area contributed by atoms with E-state index >= 15 is 0 Å². The van der Waals surface area contributed by atoms with Crippen LogP contribution in [-0.4, -0.2) is 32.3 Å². The van der Waals surface area contributed by atoms with Gasteiger partial charge in [-0.3, -0.25) is 4.79 Å². The smallest absolute Gasteiger partial charge is 0.224 e. The Morgan fingerprint density at radius 1 is 1.50 bits per heavy atom. The van der Waals surface area contributed by atoms with Gasteiger partial charge < -0.3 is 15.4 Å². The zero-order valence-electron chi connectivity index (χ0n) is 11.5.